The van der Waals surface area contributed by atoms with Crippen molar-refractivity contribution in [2.24, 2.45) is 34.8 Å². The van der Waals surface area contributed by atoms with Crippen molar-refractivity contribution in [3.8, 4) is 0 Å². The molecule has 1 saturated heterocycles. The minimum absolute atomic E-state index is 0.0338. The van der Waals surface area contributed by atoms with Gasteiger partial charge in [-0.2, -0.15) is 0 Å². The van der Waals surface area contributed by atoms with E-state index in [4.69, 9.17) is 28.0 Å². The lowest BCUT2D eigenvalue weighted by Gasteiger charge is -2.29. The van der Waals surface area contributed by atoms with Gasteiger partial charge in [-0.1, -0.05) is 49.3 Å². The van der Waals surface area contributed by atoms with Crippen molar-refractivity contribution in [1.29, 1.82) is 0 Å². The SMILES string of the molecule is CC(C)[C@H](N)C(=O)N[C@@H](CCC(N)=O)C(=O)N[C@@H](CCCCN)C(=O)NC1CSSC[C@@H](C(=O)N[C@@H](Cc2cnc[nH]2)C(=O)N[C@H](C(=O)N[C@H](C(=O)N[C@@H](CCC(=O)O)C(=O)O)C(C)C)[C@@H](C)O)NC(=O)[C@H](CCC(N)=O)NC(=O)[C@H](C)NC1=O. The third-order valence-electron chi connectivity index (χ3n) is 13.0. The van der Waals surface area contributed by atoms with E-state index in [2.05, 4.69) is 63.1 Å². The highest BCUT2D eigenvalue weighted by atomic mass is 33.1. The lowest BCUT2D eigenvalue weighted by atomic mass is 10.0. The van der Waals surface area contributed by atoms with E-state index in [0.717, 1.165) is 28.5 Å². The Labute approximate surface area is 497 Å². The van der Waals surface area contributed by atoms with E-state index in [1.807, 2.05) is 0 Å². The van der Waals surface area contributed by atoms with Crippen molar-refractivity contribution < 1.29 is 82.4 Å². The summed E-state index contributed by atoms with van der Waals surface area (Å²) in [5.74, 6) is -16.0. The van der Waals surface area contributed by atoms with Crippen molar-refractivity contribution in [3.63, 3.8) is 0 Å². The monoisotopic (exact) mass is 1240 g/mol. The highest BCUT2D eigenvalue weighted by Gasteiger charge is 2.38. The van der Waals surface area contributed by atoms with E-state index in [0.29, 0.717) is 6.42 Å². The van der Waals surface area contributed by atoms with Gasteiger partial charge in [0.1, 0.15) is 60.4 Å². The average Bonchev–Trinajstić information content (AvgIpc) is 4.10. The van der Waals surface area contributed by atoms with Crippen LogP contribution in [0.3, 0.4) is 0 Å². The number of amides is 12. The fourth-order valence-corrected chi connectivity index (χ4v) is 10.2. The summed E-state index contributed by atoms with van der Waals surface area (Å²) in [6.45, 7) is 8.90. The first kappa shape index (κ1) is 73.5. The summed E-state index contributed by atoms with van der Waals surface area (Å²) < 4.78 is 0. The lowest BCUT2D eigenvalue weighted by molar-refractivity contribution is -0.144. The van der Waals surface area contributed by atoms with Crippen LogP contribution in [0.2, 0.25) is 0 Å². The number of nitrogens with zero attached hydrogens (tertiary/aromatic N) is 1. The van der Waals surface area contributed by atoms with Gasteiger partial charge in [0.15, 0.2) is 0 Å². The number of unbranched alkanes of at least 4 members (excludes halogenated alkanes) is 1. The highest BCUT2D eigenvalue weighted by molar-refractivity contribution is 8.76. The van der Waals surface area contributed by atoms with Crippen LogP contribution < -0.4 is 76.1 Å². The maximum absolute atomic E-state index is 14.5. The normalized spacial score (nSPS) is 19.6. The van der Waals surface area contributed by atoms with Gasteiger partial charge >= 0.3 is 11.9 Å². The largest absolute Gasteiger partial charge is 0.481 e. The first-order chi connectivity index (χ1) is 39.9. The molecule has 2 rings (SSSR count). The smallest absolute Gasteiger partial charge is 0.326 e. The van der Waals surface area contributed by atoms with Gasteiger partial charge in [-0.3, -0.25) is 62.3 Å². The number of aromatic amines is 1. The maximum Gasteiger partial charge on any atom is 0.326 e. The molecule has 0 aliphatic carbocycles. The van der Waals surface area contributed by atoms with Gasteiger partial charge in [-0.15, -0.1) is 0 Å². The second kappa shape index (κ2) is 36.9. The average molecular weight is 1240 g/mol. The molecule has 0 spiro atoms. The molecule has 12 atom stereocenters. The maximum atomic E-state index is 14.5. The number of nitrogens with one attached hydrogen (secondary N) is 11. The minimum Gasteiger partial charge on any atom is -0.481 e. The number of carboxylic acid groups (broad SMARTS) is 2. The molecule has 35 heteroatoms. The number of aliphatic hydroxyl groups is 1. The van der Waals surface area contributed by atoms with Gasteiger partial charge in [-0.05, 0) is 70.8 Å². The van der Waals surface area contributed by atoms with Crippen LogP contribution in [0.25, 0.3) is 0 Å². The highest BCUT2D eigenvalue weighted by Crippen LogP contribution is 2.24. The Hall–Kier alpha value is -7.63. The minimum atomic E-state index is -1.85. The van der Waals surface area contributed by atoms with Crippen LogP contribution in [0.1, 0.15) is 105 Å². The van der Waals surface area contributed by atoms with Gasteiger partial charge in [0.05, 0.1) is 18.5 Å². The number of rotatable bonds is 33. The van der Waals surface area contributed by atoms with E-state index in [-0.39, 0.29) is 61.8 Å². The number of carbonyl (C=O) groups is 14. The summed E-state index contributed by atoms with van der Waals surface area (Å²) >= 11 is 0. The molecule has 33 nitrogen and oxygen atoms in total. The third kappa shape index (κ3) is 26.5. The molecule has 1 aliphatic rings. The molecule has 22 N–H and O–H groups in total. The van der Waals surface area contributed by atoms with Gasteiger partial charge in [0.25, 0.3) is 0 Å². The molecule has 1 aromatic heterocycles. The summed E-state index contributed by atoms with van der Waals surface area (Å²) in [6.07, 6.45) is -1.42. The molecule has 0 radical (unpaired) electrons. The number of H-pyrrole nitrogens is 1. The van der Waals surface area contributed by atoms with Crippen molar-refractivity contribution in [2.45, 2.75) is 178 Å². The van der Waals surface area contributed by atoms with Crippen LogP contribution in [0.4, 0.5) is 0 Å². The summed E-state index contributed by atoms with van der Waals surface area (Å²) in [6, 6.07) is -16.6. The van der Waals surface area contributed by atoms with Crippen molar-refractivity contribution in [3.05, 3.63) is 18.2 Å². The van der Waals surface area contributed by atoms with Crippen molar-refractivity contribution >= 4 is 104 Å². The Balaban J connectivity index is 2.56. The second-order valence-corrected chi connectivity index (χ2v) is 23.4. The number of hydrogen-bond donors (Lipinski definition) is 18. The molecule has 1 aromatic rings. The fourth-order valence-electron chi connectivity index (χ4n) is 7.86. The fraction of sp³-hybridized carbons (Fsp3) is 0.660. The molecule has 0 bridgehead atoms. The van der Waals surface area contributed by atoms with Crippen LogP contribution in [0.5, 0.6) is 0 Å². The zero-order valence-electron chi connectivity index (χ0n) is 48.1. The number of hydrogen-bond acceptors (Lipinski definition) is 20. The Morgan fingerprint density at radius 2 is 1.22 bits per heavy atom. The Kier molecular flexibility index (Phi) is 31.9. The molecule has 1 fully saturated rings. The number of aliphatic carboxylic acids is 2. The Morgan fingerprint density at radius 3 is 1.79 bits per heavy atom. The number of aromatic nitrogens is 2. The first-order valence-corrected chi connectivity index (χ1v) is 29.8. The third-order valence-corrected chi connectivity index (χ3v) is 15.4. The molecule has 1 aliphatic heterocycles. The molecule has 1 unspecified atom stereocenters. The van der Waals surface area contributed by atoms with Crippen molar-refractivity contribution in [1.82, 2.24) is 63.1 Å². The van der Waals surface area contributed by atoms with Crippen LogP contribution in [0, 0.1) is 11.8 Å². The van der Waals surface area contributed by atoms with Crippen molar-refractivity contribution in [2.75, 3.05) is 18.1 Å². The predicted molar refractivity (Wildman–Crippen MR) is 306 cm³/mol. The molecule has 2 heterocycles. The van der Waals surface area contributed by atoms with E-state index in [1.54, 1.807) is 13.8 Å². The summed E-state index contributed by atoms with van der Waals surface area (Å²) in [5, 5.41) is 54.0. The number of nitrogens with two attached hydrogens (primary N) is 4. The number of carbonyl (C=O) groups excluding carboxylic acids is 12. The van der Waals surface area contributed by atoms with Gasteiger partial charge < -0.3 is 96.4 Å². The summed E-state index contributed by atoms with van der Waals surface area (Å²) in [5.41, 5.74) is 22.7. The number of imidazole rings is 1. The molecule has 0 saturated carbocycles. The molecule has 476 valence electrons. The Morgan fingerprint density at radius 1 is 0.647 bits per heavy atom. The number of carboxylic acids is 2. The van der Waals surface area contributed by atoms with Crippen LogP contribution in [0.15, 0.2) is 12.5 Å². The van der Waals surface area contributed by atoms with E-state index in [1.165, 1.54) is 33.3 Å². The quantitative estimate of drug-likeness (QED) is 0.0230. The summed E-state index contributed by atoms with van der Waals surface area (Å²) in [4.78, 5) is 192. The van der Waals surface area contributed by atoms with Crippen LogP contribution >= 0.6 is 21.6 Å². The molecule has 85 heavy (non-hydrogen) atoms. The van der Waals surface area contributed by atoms with E-state index < -0.39 is 187 Å². The summed E-state index contributed by atoms with van der Waals surface area (Å²) in [7, 11) is 1.79. The lowest BCUT2D eigenvalue weighted by Crippen LogP contribution is -2.62. The Bertz CT molecular complexity index is 2510. The van der Waals surface area contributed by atoms with E-state index >= 15 is 0 Å². The van der Waals surface area contributed by atoms with Gasteiger partial charge in [0, 0.05) is 49.1 Å². The van der Waals surface area contributed by atoms with Gasteiger partial charge in [-0.25, -0.2) is 9.78 Å². The topological polar surface area (TPSA) is 553 Å². The number of primary amides is 2. The standard InChI is InChI=1S/C50H82N16O17S2/c1-22(2)37(54)47(79)60-29(11-14-35(53)69)42(74)59-27(9-7-8-16-51)41(73)63-32-19-84-85-20-33(64-43(75)28(10-13-34(52)68)58-40(72)24(5)57-45(32)77)46(78)62-31(17-26-18-55-21-56-26)44(76)66-39(25(6)67)49(81)65-38(23(3)4)48(80)61-30(50(82)83)12-15-36(70)71/h18,21-25,27-33,37-39,67H,7-17,19-20,51,54H2,1-6H3,(H2,52,68)(H2,53,69)(H,55,56)(H,57,77)(H,58,72)(H,59,74)(H,60,79)(H,61,80)(H,62,78)(H,63,73)(H,64,75)(H,65,81)(H,66,76)(H,70,71)(H,82,83)/t24-,25+,27-,28-,29-,30-,31-,32?,33-,37-,38-,39-/m0/s1. The van der Waals surface area contributed by atoms with Crippen LogP contribution in [-0.2, 0) is 73.5 Å². The number of aliphatic hydroxyl groups excluding tert-OH is 1. The van der Waals surface area contributed by atoms with E-state index in [9.17, 15) is 77.3 Å². The van der Waals surface area contributed by atoms with Crippen LogP contribution in [-0.4, -0.2) is 199 Å². The second-order valence-electron chi connectivity index (χ2n) is 20.8. The molecule has 12 amide bonds. The zero-order chi connectivity index (χ0) is 64.2. The van der Waals surface area contributed by atoms with Gasteiger partial charge in [0.2, 0.25) is 70.9 Å². The molecule has 0 aromatic carbocycles. The first-order valence-electron chi connectivity index (χ1n) is 27.3. The molecular formula is C50H82N16O17S2. The zero-order valence-corrected chi connectivity index (χ0v) is 49.7. The predicted octanol–water partition coefficient (Wildman–Crippen LogP) is -6.16. The molecular weight excluding hydrogens is 1160 g/mol.